The molecule has 22 heavy (non-hydrogen) atoms. The number of allylic oxidation sites excluding steroid dienone is 3. The Morgan fingerprint density at radius 2 is 1.55 bits per heavy atom. The molecule has 0 spiro atoms. The lowest BCUT2D eigenvalue weighted by atomic mass is 9.83. The first-order chi connectivity index (χ1) is 10.8. The molecule has 0 aromatic carbocycles. The van der Waals surface area contributed by atoms with E-state index in [4.69, 9.17) is 11.5 Å². The van der Waals surface area contributed by atoms with Crippen molar-refractivity contribution in [3.05, 3.63) is 24.3 Å². The van der Waals surface area contributed by atoms with E-state index in [0.29, 0.717) is 11.5 Å². The Morgan fingerprint density at radius 3 is 2.18 bits per heavy atom. The molecule has 0 amide bonds. The number of rotatable bonds is 9. The highest BCUT2D eigenvalue weighted by Crippen LogP contribution is 2.40. The van der Waals surface area contributed by atoms with Gasteiger partial charge in [-0.1, -0.05) is 50.0 Å². The zero-order valence-corrected chi connectivity index (χ0v) is 14.3. The number of unbranched alkanes of at least 4 members (excludes halogenated alkanes) is 1. The van der Waals surface area contributed by atoms with Crippen molar-refractivity contribution in [3.63, 3.8) is 0 Å². The third-order valence-electron chi connectivity index (χ3n) is 5.90. The van der Waals surface area contributed by atoms with Crippen LogP contribution in [0.15, 0.2) is 24.3 Å². The largest absolute Gasteiger partial charge is 0.330 e. The van der Waals surface area contributed by atoms with Crippen molar-refractivity contribution in [1.29, 1.82) is 0 Å². The van der Waals surface area contributed by atoms with Crippen LogP contribution in [0, 0.1) is 11.3 Å². The Kier molecular flexibility index (Phi) is 7.68. The maximum absolute atomic E-state index is 6.26. The van der Waals surface area contributed by atoms with Crippen LogP contribution in [0.5, 0.6) is 0 Å². The molecule has 126 valence electrons. The van der Waals surface area contributed by atoms with E-state index in [1.54, 1.807) is 0 Å². The van der Waals surface area contributed by atoms with Crippen LogP contribution < -0.4 is 11.5 Å². The Bertz CT molecular complexity index is 347. The van der Waals surface area contributed by atoms with E-state index in [9.17, 15) is 0 Å². The van der Waals surface area contributed by atoms with Gasteiger partial charge in [-0.2, -0.15) is 0 Å². The standard InChI is InChI=1S/C20H36N2/c21-17-20(15-9-10-16-20)14-8-4-2-1-3-5-13-19(22)18-11-6-7-12-18/h3-5,8,18-19H,1-2,6-7,9-17,21-22H2/b5-3+,8-4+. The zero-order chi connectivity index (χ0) is 15.7. The lowest BCUT2D eigenvalue weighted by Gasteiger charge is -2.25. The molecule has 2 fully saturated rings. The molecular formula is C20H36N2. The minimum absolute atomic E-state index is 0.390. The SMILES string of the molecule is NCC1(C/C=C/CC/C=C/CC(N)C2CCCC2)CCCC1. The summed E-state index contributed by atoms with van der Waals surface area (Å²) in [7, 11) is 0. The van der Waals surface area contributed by atoms with Crippen LogP contribution in [0.25, 0.3) is 0 Å². The molecule has 4 N–H and O–H groups in total. The molecule has 2 aliphatic rings. The van der Waals surface area contributed by atoms with Crippen molar-refractivity contribution in [2.75, 3.05) is 6.54 Å². The maximum atomic E-state index is 6.26. The van der Waals surface area contributed by atoms with Gasteiger partial charge in [-0.05, 0) is 69.2 Å². The summed E-state index contributed by atoms with van der Waals surface area (Å²) in [5.74, 6) is 0.781. The second-order valence-electron chi connectivity index (χ2n) is 7.58. The Labute approximate surface area is 137 Å². The maximum Gasteiger partial charge on any atom is 0.0102 e. The molecule has 0 heterocycles. The molecule has 1 unspecified atom stereocenters. The minimum Gasteiger partial charge on any atom is -0.330 e. The van der Waals surface area contributed by atoms with Gasteiger partial charge in [-0.25, -0.2) is 0 Å². The molecule has 2 saturated carbocycles. The first-order valence-corrected chi connectivity index (χ1v) is 9.51. The van der Waals surface area contributed by atoms with Gasteiger partial charge in [0.2, 0.25) is 0 Å². The second-order valence-corrected chi connectivity index (χ2v) is 7.58. The normalized spacial score (nSPS) is 23.9. The van der Waals surface area contributed by atoms with Crippen LogP contribution in [0.1, 0.15) is 77.0 Å². The van der Waals surface area contributed by atoms with Gasteiger partial charge in [0, 0.05) is 6.04 Å². The molecule has 0 aromatic rings. The lowest BCUT2D eigenvalue weighted by molar-refractivity contribution is 0.313. The molecule has 2 aliphatic carbocycles. The van der Waals surface area contributed by atoms with E-state index in [0.717, 1.165) is 31.7 Å². The van der Waals surface area contributed by atoms with Crippen LogP contribution in [0.3, 0.4) is 0 Å². The van der Waals surface area contributed by atoms with Crippen molar-refractivity contribution in [2.45, 2.75) is 83.1 Å². The van der Waals surface area contributed by atoms with Crippen LogP contribution in [-0.2, 0) is 0 Å². The highest BCUT2D eigenvalue weighted by molar-refractivity contribution is 4.96. The number of hydrogen-bond acceptors (Lipinski definition) is 2. The van der Waals surface area contributed by atoms with Crippen LogP contribution >= 0.6 is 0 Å². The quantitative estimate of drug-likeness (QED) is 0.479. The topological polar surface area (TPSA) is 52.0 Å². The zero-order valence-electron chi connectivity index (χ0n) is 14.3. The first kappa shape index (κ1) is 17.7. The first-order valence-electron chi connectivity index (χ1n) is 9.51. The van der Waals surface area contributed by atoms with Crippen LogP contribution in [0.4, 0.5) is 0 Å². The summed E-state index contributed by atoms with van der Waals surface area (Å²) in [6.07, 6.45) is 24.7. The molecule has 0 bridgehead atoms. The fourth-order valence-corrected chi connectivity index (χ4v) is 4.21. The molecular weight excluding hydrogens is 268 g/mol. The minimum atomic E-state index is 0.390. The molecule has 0 aliphatic heterocycles. The smallest absolute Gasteiger partial charge is 0.0102 e. The third-order valence-corrected chi connectivity index (χ3v) is 5.90. The van der Waals surface area contributed by atoms with E-state index in [-0.39, 0.29) is 0 Å². The predicted molar refractivity (Wildman–Crippen MR) is 96.6 cm³/mol. The average Bonchev–Trinajstić information content (AvgIpc) is 3.21. The summed E-state index contributed by atoms with van der Waals surface area (Å²) in [4.78, 5) is 0. The van der Waals surface area contributed by atoms with Gasteiger partial charge < -0.3 is 11.5 Å². The highest BCUT2D eigenvalue weighted by atomic mass is 14.6. The third kappa shape index (κ3) is 5.55. The summed E-state index contributed by atoms with van der Waals surface area (Å²) >= 11 is 0. The number of nitrogens with two attached hydrogens (primary N) is 2. The fraction of sp³-hybridized carbons (Fsp3) is 0.800. The molecule has 0 saturated heterocycles. The Hall–Kier alpha value is -0.600. The Balaban J connectivity index is 1.54. The average molecular weight is 305 g/mol. The van der Waals surface area contributed by atoms with Gasteiger partial charge in [0.15, 0.2) is 0 Å². The van der Waals surface area contributed by atoms with Crippen LogP contribution in [-0.4, -0.2) is 12.6 Å². The molecule has 0 aromatic heterocycles. The van der Waals surface area contributed by atoms with E-state index in [1.165, 1.54) is 57.8 Å². The summed E-state index contributed by atoms with van der Waals surface area (Å²) in [6.45, 7) is 0.857. The van der Waals surface area contributed by atoms with Gasteiger partial charge in [0.25, 0.3) is 0 Å². The highest BCUT2D eigenvalue weighted by Gasteiger charge is 2.30. The van der Waals surface area contributed by atoms with Crippen LogP contribution in [0.2, 0.25) is 0 Å². The molecule has 2 heteroatoms. The summed E-state index contributed by atoms with van der Waals surface area (Å²) < 4.78 is 0. The van der Waals surface area contributed by atoms with E-state index >= 15 is 0 Å². The molecule has 1 atom stereocenters. The molecule has 2 rings (SSSR count). The van der Waals surface area contributed by atoms with Crippen molar-refractivity contribution in [1.82, 2.24) is 0 Å². The van der Waals surface area contributed by atoms with E-state index in [2.05, 4.69) is 24.3 Å². The van der Waals surface area contributed by atoms with Gasteiger partial charge >= 0.3 is 0 Å². The van der Waals surface area contributed by atoms with Crippen molar-refractivity contribution < 1.29 is 0 Å². The summed E-state index contributed by atoms with van der Waals surface area (Å²) in [5, 5.41) is 0. The van der Waals surface area contributed by atoms with Gasteiger partial charge in [0.1, 0.15) is 0 Å². The van der Waals surface area contributed by atoms with Crippen molar-refractivity contribution in [3.8, 4) is 0 Å². The summed E-state index contributed by atoms with van der Waals surface area (Å²) in [6, 6.07) is 0.390. The lowest BCUT2D eigenvalue weighted by Crippen LogP contribution is -2.27. The van der Waals surface area contributed by atoms with E-state index < -0.39 is 0 Å². The van der Waals surface area contributed by atoms with E-state index in [1.807, 2.05) is 0 Å². The molecule has 0 radical (unpaired) electrons. The fourth-order valence-electron chi connectivity index (χ4n) is 4.21. The van der Waals surface area contributed by atoms with Crippen molar-refractivity contribution in [2.24, 2.45) is 22.8 Å². The predicted octanol–water partition coefficient (Wildman–Crippen LogP) is 4.70. The van der Waals surface area contributed by atoms with Gasteiger partial charge in [-0.3, -0.25) is 0 Å². The number of hydrogen-bond donors (Lipinski definition) is 2. The molecule has 2 nitrogen and oxygen atoms in total. The summed E-state index contributed by atoms with van der Waals surface area (Å²) in [5.41, 5.74) is 12.7. The van der Waals surface area contributed by atoms with Gasteiger partial charge in [-0.15, -0.1) is 0 Å². The van der Waals surface area contributed by atoms with Crippen molar-refractivity contribution >= 4 is 0 Å². The monoisotopic (exact) mass is 304 g/mol. The van der Waals surface area contributed by atoms with Gasteiger partial charge in [0.05, 0.1) is 0 Å². The Morgan fingerprint density at radius 1 is 0.909 bits per heavy atom. The second kappa shape index (κ2) is 9.52.